The number of aromatic nitrogens is 1. The number of nitrogens with zero attached hydrogens (tertiary/aromatic N) is 3. The van der Waals surface area contributed by atoms with Crippen molar-refractivity contribution in [1.29, 1.82) is 0 Å². The second-order valence-electron chi connectivity index (χ2n) is 5.74. The number of anilines is 1. The number of benzene rings is 2. The van der Waals surface area contributed by atoms with Crippen molar-refractivity contribution < 1.29 is 4.92 Å². The molecule has 3 aromatic rings. The Labute approximate surface area is 133 Å². The molecule has 0 amide bonds. The number of non-ortho nitro benzene ring substituents is 1. The van der Waals surface area contributed by atoms with Gasteiger partial charge in [-0.3, -0.25) is 10.1 Å². The number of rotatable bonds is 2. The molecule has 0 unspecified atom stereocenters. The molecule has 2 aromatic carbocycles. The van der Waals surface area contributed by atoms with Gasteiger partial charge in [-0.05, 0) is 35.7 Å². The molecule has 114 valence electrons. The van der Waals surface area contributed by atoms with E-state index in [4.69, 9.17) is 4.98 Å². The summed E-state index contributed by atoms with van der Waals surface area (Å²) in [4.78, 5) is 17.5. The van der Waals surface area contributed by atoms with E-state index in [-0.39, 0.29) is 10.6 Å². The lowest BCUT2D eigenvalue weighted by Crippen LogP contribution is -2.31. The topological polar surface area (TPSA) is 59.3 Å². The van der Waals surface area contributed by atoms with Crippen molar-refractivity contribution in [3.05, 3.63) is 75.8 Å². The number of nitro groups is 1. The van der Waals surface area contributed by atoms with E-state index in [1.807, 2.05) is 36.4 Å². The van der Waals surface area contributed by atoms with Crippen molar-refractivity contribution in [2.75, 3.05) is 11.4 Å². The van der Waals surface area contributed by atoms with Crippen LogP contribution in [-0.2, 0) is 13.0 Å². The van der Waals surface area contributed by atoms with Crippen molar-refractivity contribution in [3.63, 3.8) is 0 Å². The summed E-state index contributed by atoms with van der Waals surface area (Å²) in [5.74, 6) is 0.917. The standard InChI is InChI=1S/C18H15N3O2/c22-21(23)16-7-5-13-9-10-20(12-15(13)11-16)18-8-6-14-3-1-2-4-17(14)19-18/h1-8,11H,9-10,12H2. The maximum Gasteiger partial charge on any atom is 0.269 e. The number of hydrogen-bond donors (Lipinski definition) is 0. The zero-order valence-corrected chi connectivity index (χ0v) is 12.5. The quantitative estimate of drug-likeness (QED) is 0.535. The molecule has 0 bridgehead atoms. The van der Waals surface area contributed by atoms with Crippen LogP contribution in [0.25, 0.3) is 10.9 Å². The van der Waals surface area contributed by atoms with Crippen LogP contribution in [0.3, 0.4) is 0 Å². The molecule has 1 aromatic heterocycles. The molecule has 4 rings (SSSR count). The molecule has 0 N–H and O–H groups in total. The third-order valence-corrected chi connectivity index (χ3v) is 4.32. The molecule has 0 fully saturated rings. The number of fused-ring (bicyclic) bond motifs is 2. The Balaban J connectivity index is 1.68. The highest BCUT2D eigenvalue weighted by Crippen LogP contribution is 2.27. The van der Waals surface area contributed by atoms with Crippen LogP contribution in [0.2, 0.25) is 0 Å². The van der Waals surface area contributed by atoms with Gasteiger partial charge in [-0.1, -0.05) is 24.3 Å². The third kappa shape index (κ3) is 2.50. The van der Waals surface area contributed by atoms with Crippen molar-refractivity contribution in [2.24, 2.45) is 0 Å². The van der Waals surface area contributed by atoms with E-state index in [1.165, 1.54) is 5.56 Å². The Hall–Kier alpha value is -2.95. The van der Waals surface area contributed by atoms with Gasteiger partial charge in [-0.2, -0.15) is 0 Å². The van der Waals surface area contributed by atoms with Crippen LogP contribution >= 0.6 is 0 Å². The van der Waals surface area contributed by atoms with Gasteiger partial charge in [0.2, 0.25) is 0 Å². The Morgan fingerprint density at radius 1 is 1.04 bits per heavy atom. The summed E-state index contributed by atoms with van der Waals surface area (Å²) in [5.41, 5.74) is 3.32. The zero-order chi connectivity index (χ0) is 15.8. The molecule has 0 saturated heterocycles. The van der Waals surface area contributed by atoms with E-state index in [2.05, 4.69) is 11.0 Å². The number of para-hydroxylation sites is 1. The Morgan fingerprint density at radius 3 is 2.78 bits per heavy atom. The molecule has 2 heterocycles. The van der Waals surface area contributed by atoms with Crippen molar-refractivity contribution in [1.82, 2.24) is 4.98 Å². The molecule has 0 radical (unpaired) electrons. The van der Waals surface area contributed by atoms with Crippen LogP contribution in [0.5, 0.6) is 0 Å². The Morgan fingerprint density at radius 2 is 1.91 bits per heavy atom. The summed E-state index contributed by atoms with van der Waals surface area (Å²) in [7, 11) is 0. The van der Waals surface area contributed by atoms with Gasteiger partial charge in [0.25, 0.3) is 5.69 Å². The minimum atomic E-state index is -0.340. The summed E-state index contributed by atoms with van der Waals surface area (Å²) in [6.45, 7) is 1.53. The second-order valence-corrected chi connectivity index (χ2v) is 5.74. The first-order valence-electron chi connectivity index (χ1n) is 7.58. The predicted molar refractivity (Wildman–Crippen MR) is 89.6 cm³/mol. The number of nitro benzene ring substituents is 1. The monoisotopic (exact) mass is 305 g/mol. The molecule has 0 aliphatic carbocycles. The first-order chi connectivity index (χ1) is 11.2. The van der Waals surface area contributed by atoms with Crippen molar-refractivity contribution in [2.45, 2.75) is 13.0 Å². The van der Waals surface area contributed by atoms with Crippen LogP contribution in [0.4, 0.5) is 11.5 Å². The molecule has 5 nitrogen and oxygen atoms in total. The van der Waals surface area contributed by atoms with E-state index < -0.39 is 0 Å². The normalized spacial score (nSPS) is 13.8. The van der Waals surface area contributed by atoms with Crippen LogP contribution in [0.1, 0.15) is 11.1 Å². The van der Waals surface area contributed by atoms with E-state index in [0.29, 0.717) is 6.54 Å². The summed E-state index contributed by atoms with van der Waals surface area (Å²) < 4.78 is 0. The molecule has 1 aliphatic rings. The summed E-state index contributed by atoms with van der Waals surface area (Å²) in [6.07, 6.45) is 0.877. The molecule has 0 saturated carbocycles. The Kier molecular flexibility index (Phi) is 3.19. The smallest absolute Gasteiger partial charge is 0.269 e. The van der Waals surface area contributed by atoms with Crippen molar-refractivity contribution >= 4 is 22.4 Å². The summed E-state index contributed by atoms with van der Waals surface area (Å²) >= 11 is 0. The molecule has 1 aliphatic heterocycles. The van der Waals surface area contributed by atoms with E-state index in [0.717, 1.165) is 35.2 Å². The minimum Gasteiger partial charge on any atom is -0.352 e. The van der Waals surface area contributed by atoms with Gasteiger partial charge in [-0.15, -0.1) is 0 Å². The highest BCUT2D eigenvalue weighted by atomic mass is 16.6. The number of hydrogen-bond acceptors (Lipinski definition) is 4. The zero-order valence-electron chi connectivity index (χ0n) is 12.5. The fourth-order valence-electron chi connectivity index (χ4n) is 3.08. The van der Waals surface area contributed by atoms with Gasteiger partial charge in [0.15, 0.2) is 0 Å². The van der Waals surface area contributed by atoms with Gasteiger partial charge < -0.3 is 4.90 Å². The van der Waals surface area contributed by atoms with Crippen LogP contribution in [-0.4, -0.2) is 16.5 Å². The fraction of sp³-hybridized carbons (Fsp3) is 0.167. The molecule has 0 atom stereocenters. The van der Waals surface area contributed by atoms with Gasteiger partial charge >= 0.3 is 0 Å². The molecule has 23 heavy (non-hydrogen) atoms. The van der Waals surface area contributed by atoms with Gasteiger partial charge in [0.1, 0.15) is 5.82 Å². The molecular formula is C18H15N3O2. The highest BCUT2D eigenvalue weighted by Gasteiger charge is 2.20. The van der Waals surface area contributed by atoms with Gasteiger partial charge in [0, 0.05) is 30.6 Å². The highest BCUT2D eigenvalue weighted by molar-refractivity contribution is 5.80. The van der Waals surface area contributed by atoms with Gasteiger partial charge in [-0.25, -0.2) is 4.98 Å². The molecule has 5 heteroatoms. The van der Waals surface area contributed by atoms with Crippen LogP contribution in [0, 0.1) is 10.1 Å². The lowest BCUT2D eigenvalue weighted by Gasteiger charge is -2.29. The average Bonchev–Trinajstić information content (AvgIpc) is 2.60. The summed E-state index contributed by atoms with van der Waals surface area (Å²) in [5, 5.41) is 12.1. The second kappa shape index (κ2) is 5.35. The maximum absolute atomic E-state index is 11.0. The molecule has 0 spiro atoms. The van der Waals surface area contributed by atoms with E-state index in [1.54, 1.807) is 12.1 Å². The summed E-state index contributed by atoms with van der Waals surface area (Å²) in [6, 6.07) is 17.3. The SMILES string of the molecule is O=[N+]([O-])c1ccc2c(c1)CN(c1ccc3ccccc3n1)CC2. The predicted octanol–water partition coefficient (Wildman–Crippen LogP) is 3.71. The minimum absolute atomic E-state index is 0.150. The van der Waals surface area contributed by atoms with Gasteiger partial charge in [0.05, 0.1) is 10.4 Å². The lowest BCUT2D eigenvalue weighted by molar-refractivity contribution is -0.384. The van der Waals surface area contributed by atoms with Crippen LogP contribution < -0.4 is 4.90 Å². The number of pyridine rings is 1. The average molecular weight is 305 g/mol. The fourth-order valence-corrected chi connectivity index (χ4v) is 3.08. The molecular weight excluding hydrogens is 290 g/mol. The van der Waals surface area contributed by atoms with Crippen LogP contribution in [0.15, 0.2) is 54.6 Å². The van der Waals surface area contributed by atoms with E-state index in [9.17, 15) is 10.1 Å². The Bertz CT molecular complexity index is 908. The third-order valence-electron chi connectivity index (χ3n) is 4.32. The van der Waals surface area contributed by atoms with Crippen molar-refractivity contribution in [3.8, 4) is 0 Å². The maximum atomic E-state index is 11.0. The lowest BCUT2D eigenvalue weighted by atomic mass is 9.99. The first kappa shape index (κ1) is 13.7. The largest absolute Gasteiger partial charge is 0.352 e. The van der Waals surface area contributed by atoms with E-state index >= 15 is 0 Å². The first-order valence-corrected chi connectivity index (χ1v) is 7.58.